The maximum atomic E-state index is 11.3. The molecule has 0 bridgehead atoms. The fourth-order valence-corrected chi connectivity index (χ4v) is 1.45. The summed E-state index contributed by atoms with van der Waals surface area (Å²) < 4.78 is 15.3. The SMILES string of the molecule is CC(C)CCO.CC(C)CCOCC(=O)NCCOCCOCC(N)=O.NN. The molecule has 0 spiro atoms. The quantitative estimate of drug-likeness (QED) is 0.137. The monoisotopic (exact) mass is 410 g/mol. The van der Waals surface area contributed by atoms with Crippen LogP contribution in [-0.4, -0.2) is 69.7 Å². The Morgan fingerprint density at radius 1 is 0.857 bits per heavy atom. The Labute approximate surface area is 169 Å². The summed E-state index contributed by atoms with van der Waals surface area (Å²) in [4.78, 5) is 21.7. The van der Waals surface area contributed by atoms with E-state index < -0.39 is 5.91 Å². The van der Waals surface area contributed by atoms with Crippen molar-refractivity contribution in [3.8, 4) is 0 Å². The van der Waals surface area contributed by atoms with Gasteiger partial charge in [0, 0.05) is 19.8 Å². The summed E-state index contributed by atoms with van der Waals surface area (Å²) in [7, 11) is 0. The number of hydrogen-bond acceptors (Lipinski definition) is 8. The molecule has 0 heterocycles. The molecule has 0 radical (unpaired) electrons. The lowest BCUT2D eigenvalue weighted by atomic mass is 10.1. The van der Waals surface area contributed by atoms with Crippen LogP contribution in [0.25, 0.3) is 0 Å². The maximum Gasteiger partial charge on any atom is 0.246 e. The number of amides is 2. The van der Waals surface area contributed by atoms with Crippen LogP contribution >= 0.6 is 0 Å². The number of hydrazine groups is 1. The van der Waals surface area contributed by atoms with E-state index in [2.05, 4.69) is 44.7 Å². The molecular weight excluding hydrogens is 368 g/mol. The van der Waals surface area contributed by atoms with E-state index in [1.54, 1.807) is 0 Å². The van der Waals surface area contributed by atoms with Gasteiger partial charge in [0.1, 0.15) is 13.2 Å². The number of aliphatic hydroxyl groups excluding tert-OH is 1. The minimum Gasteiger partial charge on any atom is -0.396 e. The van der Waals surface area contributed by atoms with Crippen molar-refractivity contribution >= 4 is 11.8 Å². The molecule has 0 saturated carbocycles. The van der Waals surface area contributed by atoms with E-state index in [-0.39, 0.29) is 19.1 Å². The van der Waals surface area contributed by atoms with Gasteiger partial charge in [-0.1, -0.05) is 27.7 Å². The van der Waals surface area contributed by atoms with E-state index in [4.69, 9.17) is 25.1 Å². The highest BCUT2D eigenvalue weighted by Crippen LogP contribution is 1.98. The Balaban J connectivity index is -0.000000660. The van der Waals surface area contributed by atoms with E-state index in [9.17, 15) is 9.59 Å². The van der Waals surface area contributed by atoms with Crippen LogP contribution in [0.1, 0.15) is 40.5 Å². The molecule has 0 aliphatic rings. The van der Waals surface area contributed by atoms with E-state index in [0.29, 0.717) is 51.4 Å². The molecule has 0 atom stereocenters. The van der Waals surface area contributed by atoms with Gasteiger partial charge < -0.3 is 30.4 Å². The predicted octanol–water partition coefficient (Wildman–Crippen LogP) is -0.473. The second-order valence-corrected chi connectivity index (χ2v) is 6.62. The molecule has 170 valence electrons. The van der Waals surface area contributed by atoms with Crippen LogP contribution in [-0.2, 0) is 23.8 Å². The fourth-order valence-electron chi connectivity index (χ4n) is 1.45. The van der Waals surface area contributed by atoms with E-state index in [0.717, 1.165) is 12.8 Å². The highest BCUT2D eigenvalue weighted by molar-refractivity contribution is 5.77. The van der Waals surface area contributed by atoms with Crippen molar-refractivity contribution in [1.82, 2.24) is 5.32 Å². The largest absolute Gasteiger partial charge is 0.396 e. The molecule has 8 N–H and O–H groups in total. The zero-order chi connectivity index (χ0) is 22.2. The summed E-state index contributed by atoms with van der Waals surface area (Å²) >= 11 is 0. The molecule has 0 aliphatic carbocycles. The highest BCUT2D eigenvalue weighted by Gasteiger charge is 2.01. The molecule has 0 rings (SSSR count). The zero-order valence-corrected chi connectivity index (χ0v) is 17.9. The molecule has 0 aromatic heterocycles. The lowest BCUT2D eigenvalue weighted by Crippen LogP contribution is -2.31. The van der Waals surface area contributed by atoms with Crippen LogP contribution in [0, 0.1) is 11.8 Å². The number of ether oxygens (including phenoxy) is 3. The first kappa shape index (κ1) is 31.4. The summed E-state index contributed by atoms with van der Waals surface area (Å²) in [6.45, 7) is 10.8. The molecular formula is C18H42N4O6. The van der Waals surface area contributed by atoms with Gasteiger partial charge in [-0.25, -0.2) is 0 Å². The van der Waals surface area contributed by atoms with Crippen LogP contribution in [0.5, 0.6) is 0 Å². The van der Waals surface area contributed by atoms with E-state index >= 15 is 0 Å². The van der Waals surface area contributed by atoms with Gasteiger partial charge in [0.05, 0.1) is 19.8 Å². The normalized spacial score (nSPS) is 10.0. The molecule has 0 saturated heterocycles. The molecule has 0 unspecified atom stereocenters. The van der Waals surface area contributed by atoms with Crippen molar-refractivity contribution in [2.75, 3.05) is 52.8 Å². The van der Waals surface area contributed by atoms with Crippen molar-refractivity contribution in [3.05, 3.63) is 0 Å². The first-order valence-corrected chi connectivity index (χ1v) is 9.52. The Hall–Kier alpha value is -1.30. The number of nitrogens with one attached hydrogen (secondary N) is 1. The first-order valence-electron chi connectivity index (χ1n) is 9.52. The summed E-state index contributed by atoms with van der Waals surface area (Å²) in [6.07, 6.45) is 1.88. The van der Waals surface area contributed by atoms with Gasteiger partial charge in [0.25, 0.3) is 0 Å². The number of rotatable bonds is 15. The molecule has 10 heteroatoms. The molecule has 2 amide bonds. The van der Waals surface area contributed by atoms with Gasteiger partial charge in [0.2, 0.25) is 11.8 Å². The number of aliphatic hydroxyl groups is 1. The van der Waals surface area contributed by atoms with Crippen LogP contribution in [0.15, 0.2) is 0 Å². The number of primary amides is 1. The minimum absolute atomic E-state index is 0.0778. The second-order valence-electron chi connectivity index (χ2n) is 6.62. The van der Waals surface area contributed by atoms with Crippen molar-refractivity contribution < 1.29 is 28.9 Å². The van der Waals surface area contributed by atoms with Crippen molar-refractivity contribution in [2.24, 2.45) is 29.3 Å². The van der Waals surface area contributed by atoms with Crippen LogP contribution in [0.3, 0.4) is 0 Å². The molecule has 0 fully saturated rings. The standard InChI is InChI=1S/C13H26N2O5.C5H12O.H4N2/c1-11(2)3-5-19-10-13(17)15-4-6-18-7-8-20-9-12(14)16;1-5(2)3-4-6;1-2/h11H,3-10H2,1-2H3,(H2,14,16)(H,15,17);5-6H,3-4H2,1-2H3;1-2H2. The number of nitrogens with two attached hydrogens (primary N) is 3. The molecule has 0 aliphatic heterocycles. The van der Waals surface area contributed by atoms with Gasteiger partial charge in [-0.15, -0.1) is 0 Å². The summed E-state index contributed by atoms with van der Waals surface area (Å²) in [6, 6.07) is 0. The highest BCUT2D eigenvalue weighted by atomic mass is 16.5. The van der Waals surface area contributed by atoms with Gasteiger partial charge in [-0.2, -0.15) is 0 Å². The van der Waals surface area contributed by atoms with Gasteiger partial charge in [0.15, 0.2) is 0 Å². The Morgan fingerprint density at radius 3 is 1.86 bits per heavy atom. The van der Waals surface area contributed by atoms with Crippen LogP contribution < -0.4 is 22.7 Å². The average molecular weight is 411 g/mol. The summed E-state index contributed by atoms with van der Waals surface area (Å²) in [5.41, 5.74) is 4.89. The topological polar surface area (TPSA) is 172 Å². The Kier molecular flexibility index (Phi) is 28.8. The zero-order valence-electron chi connectivity index (χ0n) is 17.9. The van der Waals surface area contributed by atoms with Gasteiger partial charge >= 0.3 is 0 Å². The smallest absolute Gasteiger partial charge is 0.246 e. The van der Waals surface area contributed by atoms with Crippen LogP contribution in [0.2, 0.25) is 0 Å². The van der Waals surface area contributed by atoms with Crippen molar-refractivity contribution in [3.63, 3.8) is 0 Å². The van der Waals surface area contributed by atoms with E-state index in [1.165, 1.54) is 0 Å². The third-order valence-electron chi connectivity index (χ3n) is 2.96. The van der Waals surface area contributed by atoms with Gasteiger partial charge in [-0.05, 0) is 24.7 Å². The second kappa shape index (κ2) is 25.7. The summed E-state index contributed by atoms with van der Waals surface area (Å²) in [5, 5.41) is 10.9. The fraction of sp³-hybridized carbons (Fsp3) is 0.889. The Bertz CT molecular complexity index is 344. The molecule has 28 heavy (non-hydrogen) atoms. The lowest BCUT2D eigenvalue weighted by Gasteiger charge is -2.08. The number of carbonyl (C=O) groups is 2. The van der Waals surface area contributed by atoms with Crippen molar-refractivity contribution in [2.45, 2.75) is 40.5 Å². The Morgan fingerprint density at radius 2 is 1.39 bits per heavy atom. The molecule has 0 aromatic rings. The number of carbonyl (C=O) groups excluding carboxylic acids is 2. The van der Waals surface area contributed by atoms with Crippen molar-refractivity contribution in [1.29, 1.82) is 0 Å². The summed E-state index contributed by atoms with van der Waals surface area (Å²) in [5.74, 6) is 8.57. The maximum absolute atomic E-state index is 11.3. The van der Waals surface area contributed by atoms with Gasteiger partial charge in [-0.3, -0.25) is 21.3 Å². The molecule has 10 nitrogen and oxygen atoms in total. The van der Waals surface area contributed by atoms with Crippen LogP contribution in [0.4, 0.5) is 0 Å². The minimum atomic E-state index is -0.505. The predicted molar refractivity (Wildman–Crippen MR) is 109 cm³/mol. The molecule has 0 aromatic carbocycles. The average Bonchev–Trinajstić information content (AvgIpc) is 2.62. The third kappa shape index (κ3) is 35.7. The first-order chi connectivity index (χ1) is 13.3. The lowest BCUT2D eigenvalue weighted by molar-refractivity contribution is -0.126. The third-order valence-corrected chi connectivity index (χ3v) is 2.96. The number of hydrogen-bond donors (Lipinski definition) is 5. The van der Waals surface area contributed by atoms with E-state index in [1.807, 2.05) is 0 Å².